The molecule has 2 N–H and O–H groups in total. The third kappa shape index (κ3) is 1.95. The number of fused-ring (bicyclic) bond motifs is 5. The van der Waals surface area contributed by atoms with Crippen LogP contribution in [0.2, 0.25) is 0 Å². The standard InChI is InChI=1S/C21H18O4/c1-20(23)9-8-17-19(11-20)25-18-10-14(22)6-7-16(18)21(17)15-5-3-2-4-13(15)12-24-21/h2-10,22-23H,11-12H2,1H3. The van der Waals surface area contributed by atoms with Crippen molar-refractivity contribution in [2.45, 2.75) is 31.2 Å². The van der Waals surface area contributed by atoms with Crippen LogP contribution in [0.5, 0.6) is 11.5 Å². The SMILES string of the molecule is CC1(O)C=CC2=C(C1)Oc1cc(O)ccc1C21OCc2ccccc21. The van der Waals surface area contributed by atoms with E-state index in [0.717, 1.165) is 22.3 Å². The van der Waals surface area contributed by atoms with Crippen LogP contribution in [0.15, 0.2) is 65.9 Å². The minimum Gasteiger partial charge on any atom is -0.508 e. The first kappa shape index (κ1) is 14.8. The molecule has 1 spiro atoms. The molecule has 2 aromatic carbocycles. The van der Waals surface area contributed by atoms with Crippen LogP contribution in [0.3, 0.4) is 0 Å². The van der Waals surface area contributed by atoms with Gasteiger partial charge in [-0.2, -0.15) is 0 Å². The Morgan fingerprint density at radius 1 is 1.08 bits per heavy atom. The summed E-state index contributed by atoms with van der Waals surface area (Å²) in [6.07, 6.45) is 4.07. The van der Waals surface area contributed by atoms with Crippen molar-refractivity contribution >= 4 is 0 Å². The maximum Gasteiger partial charge on any atom is 0.151 e. The fourth-order valence-electron chi connectivity index (χ4n) is 4.10. The topological polar surface area (TPSA) is 58.9 Å². The van der Waals surface area contributed by atoms with E-state index in [1.807, 2.05) is 24.3 Å². The van der Waals surface area contributed by atoms with Gasteiger partial charge >= 0.3 is 0 Å². The lowest BCUT2D eigenvalue weighted by Gasteiger charge is -2.41. The Labute approximate surface area is 145 Å². The van der Waals surface area contributed by atoms with Gasteiger partial charge in [0.2, 0.25) is 0 Å². The molecular weight excluding hydrogens is 316 g/mol. The van der Waals surface area contributed by atoms with Gasteiger partial charge in [0.25, 0.3) is 0 Å². The summed E-state index contributed by atoms with van der Waals surface area (Å²) in [7, 11) is 0. The lowest BCUT2D eigenvalue weighted by molar-refractivity contribution is 0.0119. The van der Waals surface area contributed by atoms with Crippen LogP contribution >= 0.6 is 0 Å². The second-order valence-electron chi connectivity index (χ2n) is 7.11. The summed E-state index contributed by atoms with van der Waals surface area (Å²) in [6, 6.07) is 13.3. The predicted molar refractivity (Wildman–Crippen MR) is 92.2 cm³/mol. The van der Waals surface area contributed by atoms with Gasteiger partial charge < -0.3 is 19.7 Å². The van der Waals surface area contributed by atoms with E-state index < -0.39 is 11.2 Å². The number of aromatic hydroxyl groups is 1. The van der Waals surface area contributed by atoms with Crippen LogP contribution in [0, 0.1) is 0 Å². The Morgan fingerprint density at radius 2 is 1.92 bits per heavy atom. The second kappa shape index (κ2) is 4.75. The Hall–Kier alpha value is -2.56. The molecule has 4 heteroatoms. The Kier molecular flexibility index (Phi) is 2.80. The van der Waals surface area contributed by atoms with Gasteiger partial charge in [0, 0.05) is 23.6 Å². The van der Waals surface area contributed by atoms with E-state index in [2.05, 4.69) is 12.1 Å². The first-order chi connectivity index (χ1) is 12.0. The fourth-order valence-corrected chi connectivity index (χ4v) is 4.10. The van der Waals surface area contributed by atoms with Crippen LogP contribution in [0.4, 0.5) is 0 Å². The minimum absolute atomic E-state index is 0.141. The van der Waals surface area contributed by atoms with Crippen molar-refractivity contribution in [1.29, 1.82) is 0 Å². The van der Waals surface area contributed by atoms with Gasteiger partial charge in [0.05, 0.1) is 12.2 Å². The second-order valence-corrected chi connectivity index (χ2v) is 7.11. The summed E-state index contributed by atoms with van der Waals surface area (Å²) >= 11 is 0. The third-order valence-corrected chi connectivity index (χ3v) is 5.23. The summed E-state index contributed by atoms with van der Waals surface area (Å²) in [5.74, 6) is 1.39. The van der Waals surface area contributed by atoms with E-state index in [1.165, 1.54) is 0 Å². The molecule has 0 aromatic heterocycles. The summed E-state index contributed by atoms with van der Waals surface area (Å²) < 4.78 is 12.5. The molecule has 0 saturated heterocycles. The average molecular weight is 334 g/mol. The number of phenolic OH excluding ortho intramolecular Hbond substituents is 1. The first-order valence-corrected chi connectivity index (χ1v) is 8.38. The molecule has 2 aromatic rings. The van der Waals surface area contributed by atoms with E-state index >= 15 is 0 Å². The zero-order chi connectivity index (χ0) is 17.2. The minimum atomic E-state index is -0.966. The Morgan fingerprint density at radius 3 is 2.80 bits per heavy atom. The van der Waals surface area contributed by atoms with Gasteiger partial charge in [0.1, 0.15) is 17.3 Å². The van der Waals surface area contributed by atoms with Gasteiger partial charge in [-0.05, 0) is 30.2 Å². The van der Waals surface area contributed by atoms with Crippen LogP contribution in [0.25, 0.3) is 0 Å². The largest absolute Gasteiger partial charge is 0.508 e. The monoisotopic (exact) mass is 334 g/mol. The molecule has 0 radical (unpaired) electrons. The zero-order valence-electron chi connectivity index (χ0n) is 13.8. The number of benzene rings is 2. The van der Waals surface area contributed by atoms with Crippen LogP contribution in [0.1, 0.15) is 30.0 Å². The maximum absolute atomic E-state index is 10.5. The molecule has 4 nitrogen and oxygen atoms in total. The molecule has 2 unspecified atom stereocenters. The molecule has 3 aliphatic rings. The van der Waals surface area contributed by atoms with Gasteiger partial charge in [-0.15, -0.1) is 0 Å². The highest BCUT2D eigenvalue weighted by Gasteiger charge is 2.51. The number of phenols is 1. The van der Waals surface area contributed by atoms with Crippen LogP contribution < -0.4 is 4.74 Å². The summed E-state index contributed by atoms with van der Waals surface area (Å²) in [5, 5.41) is 20.4. The molecule has 2 heterocycles. The van der Waals surface area contributed by atoms with Crippen molar-refractivity contribution in [3.05, 3.63) is 82.6 Å². The molecule has 2 aliphatic heterocycles. The van der Waals surface area contributed by atoms with Crippen molar-refractivity contribution in [3.8, 4) is 11.5 Å². The quantitative estimate of drug-likeness (QED) is 0.774. The van der Waals surface area contributed by atoms with Gasteiger partial charge in [-0.3, -0.25) is 0 Å². The summed E-state index contributed by atoms with van der Waals surface area (Å²) in [6.45, 7) is 2.27. The molecule has 2 atom stereocenters. The smallest absolute Gasteiger partial charge is 0.151 e. The lowest BCUT2D eigenvalue weighted by Crippen LogP contribution is -2.38. The van der Waals surface area contributed by atoms with E-state index in [0.29, 0.717) is 24.5 Å². The molecule has 1 aliphatic carbocycles. The molecule has 0 saturated carbocycles. The Bertz CT molecular complexity index is 954. The first-order valence-electron chi connectivity index (χ1n) is 8.38. The van der Waals surface area contributed by atoms with E-state index in [4.69, 9.17) is 9.47 Å². The van der Waals surface area contributed by atoms with Crippen molar-refractivity contribution in [2.75, 3.05) is 0 Å². The molecule has 0 fully saturated rings. The summed E-state index contributed by atoms with van der Waals surface area (Å²) in [4.78, 5) is 0. The van der Waals surface area contributed by atoms with Crippen molar-refractivity contribution < 1.29 is 19.7 Å². The molecular formula is C21H18O4. The maximum atomic E-state index is 10.5. The predicted octanol–water partition coefficient (Wildman–Crippen LogP) is 3.52. The highest BCUT2D eigenvalue weighted by Crippen LogP contribution is 2.56. The molecule has 25 heavy (non-hydrogen) atoms. The normalized spacial score (nSPS) is 29.2. The molecule has 5 rings (SSSR count). The summed E-state index contributed by atoms with van der Waals surface area (Å²) in [5.41, 5.74) is 2.29. The number of hydrogen-bond donors (Lipinski definition) is 2. The van der Waals surface area contributed by atoms with E-state index in [-0.39, 0.29) is 5.75 Å². The third-order valence-electron chi connectivity index (χ3n) is 5.23. The van der Waals surface area contributed by atoms with Gasteiger partial charge in [-0.1, -0.05) is 36.4 Å². The highest BCUT2D eigenvalue weighted by atomic mass is 16.5. The highest BCUT2D eigenvalue weighted by molar-refractivity contribution is 5.63. The van der Waals surface area contributed by atoms with E-state index in [9.17, 15) is 10.2 Å². The number of hydrogen-bond acceptors (Lipinski definition) is 4. The number of aliphatic hydroxyl groups is 1. The number of ether oxygens (including phenoxy) is 2. The molecule has 0 bridgehead atoms. The van der Waals surface area contributed by atoms with Gasteiger partial charge in [0.15, 0.2) is 5.60 Å². The van der Waals surface area contributed by atoms with Gasteiger partial charge in [-0.25, -0.2) is 0 Å². The fraction of sp³-hybridized carbons (Fsp3) is 0.238. The average Bonchev–Trinajstić information content (AvgIpc) is 2.94. The van der Waals surface area contributed by atoms with E-state index in [1.54, 1.807) is 25.1 Å². The van der Waals surface area contributed by atoms with Crippen LogP contribution in [-0.4, -0.2) is 15.8 Å². The zero-order valence-corrected chi connectivity index (χ0v) is 13.8. The Balaban J connectivity index is 1.82. The van der Waals surface area contributed by atoms with Crippen LogP contribution in [-0.2, 0) is 16.9 Å². The van der Waals surface area contributed by atoms with Crippen molar-refractivity contribution in [3.63, 3.8) is 0 Å². The molecule has 126 valence electrons. The number of rotatable bonds is 0. The van der Waals surface area contributed by atoms with Crippen molar-refractivity contribution in [1.82, 2.24) is 0 Å². The molecule has 0 amide bonds. The lowest BCUT2D eigenvalue weighted by atomic mass is 9.74. The van der Waals surface area contributed by atoms with Crippen molar-refractivity contribution in [2.24, 2.45) is 0 Å².